The molecule has 0 aliphatic heterocycles. The SMILES string of the molecule is COc1cc(-c2ccccc2)sc1C(=O)NCC(O)c1ccc([N+](=O)[O-])cc1. The lowest BCUT2D eigenvalue weighted by Crippen LogP contribution is -2.28. The number of nitrogens with one attached hydrogen (secondary N) is 1. The van der Waals surface area contributed by atoms with Gasteiger partial charge in [-0.1, -0.05) is 30.3 Å². The summed E-state index contributed by atoms with van der Waals surface area (Å²) in [5, 5.41) is 23.6. The summed E-state index contributed by atoms with van der Waals surface area (Å²) in [7, 11) is 1.50. The van der Waals surface area contributed by atoms with E-state index < -0.39 is 11.0 Å². The van der Waals surface area contributed by atoms with Crippen LogP contribution in [0.4, 0.5) is 5.69 Å². The predicted molar refractivity (Wildman–Crippen MR) is 107 cm³/mol. The smallest absolute Gasteiger partial charge is 0.269 e. The van der Waals surface area contributed by atoms with Crippen LogP contribution in [0, 0.1) is 10.1 Å². The number of carbonyl (C=O) groups excluding carboxylic acids is 1. The molecule has 0 aliphatic rings. The summed E-state index contributed by atoms with van der Waals surface area (Å²) in [6.45, 7) is -0.0294. The number of ether oxygens (including phenoxy) is 1. The van der Waals surface area contributed by atoms with Gasteiger partial charge in [-0.15, -0.1) is 11.3 Å². The van der Waals surface area contributed by atoms with E-state index in [1.54, 1.807) is 0 Å². The fraction of sp³-hybridized carbons (Fsp3) is 0.150. The summed E-state index contributed by atoms with van der Waals surface area (Å²) < 4.78 is 5.32. The van der Waals surface area contributed by atoms with Gasteiger partial charge in [0.25, 0.3) is 11.6 Å². The number of aliphatic hydroxyl groups is 1. The summed E-state index contributed by atoms with van der Waals surface area (Å²) in [5.74, 6) is 0.108. The van der Waals surface area contributed by atoms with Crippen molar-refractivity contribution in [1.82, 2.24) is 5.32 Å². The summed E-state index contributed by atoms with van der Waals surface area (Å²) in [5.41, 5.74) is 1.40. The number of nitro benzene ring substituents is 1. The second-order valence-electron chi connectivity index (χ2n) is 5.95. The molecule has 0 bridgehead atoms. The minimum absolute atomic E-state index is 0.0294. The molecule has 144 valence electrons. The van der Waals surface area contributed by atoms with Crippen molar-refractivity contribution in [3.05, 3.63) is 81.2 Å². The first-order chi connectivity index (χ1) is 13.5. The number of aliphatic hydroxyl groups excluding tert-OH is 1. The normalized spacial score (nSPS) is 11.6. The number of carbonyl (C=O) groups is 1. The molecule has 1 aromatic heterocycles. The van der Waals surface area contributed by atoms with Gasteiger partial charge in [-0.25, -0.2) is 0 Å². The number of methoxy groups -OCH3 is 1. The lowest BCUT2D eigenvalue weighted by molar-refractivity contribution is -0.384. The Morgan fingerprint density at radius 2 is 1.89 bits per heavy atom. The van der Waals surface area contributed by atoms with Crippen molar-refractivity contribution < 1.29 is 19.6 Å². The van der Waals surface area contributed by atoms with E-state index >= 15 is 0 Å². The first-order valence-corrected chi connectivity index (χ1v) is 9.25. The lowest BCUT2D eigenvalue weighted by atomic mass is 10.1. The monoisotopic (exact) mass is 398 g/mol. The van der Waals surface area contributed by atoms with E-state index in [0.717, 1.165) is 10.4 Å². The molecule has 2 N–H and O–H groups in total. The Morgan fingerprint density at radius 1 is 1.21 bits per heavy atom. The van der Waals surface area contributed by atoms with Crippen molar-refractivity contribution >= 4 is 22.9 Å². The van der Waals surface area contributed by atoms with E-state index in [4.69, 9.17) is 4.74 Å². The molecule has 3 rings (SSSR count). The molecule has 0 saturated heterocycles. The number of nitro groups is 1. The van der Waals surface area contributed by atoms with Crippen LogP contribution in [0.2, 0.25) is 0 Å². The van der Waals surface area contributed by atoms with Gasteiger partial charge in [0, 0.05) is 23.6 Å². The Balaban J connectivity index is 1.69. The minimum Gasteiger partial charge on any atom is -0.495 e. The Hall–Kier alpha value is -3.23. The van der Waals surface area contributed by atoms with Crippen LogP contribution in [0.15, 0.2) is 60.7 Å². The van der Waals surface area contributed by atoms with Crippen LogP contribution in [0.1, 0.15) is 21.3 Å². The Labute approximate surface area is 165 Å². The molecule has 8 heteroatoms. The van der Waals surface area contributed by atoms with E-state index in [1.807, 2.05) is 36.4 Å². The van der Waals surface area contributed by atoms with E-state index in [9.17, 15) is 20.0 Å². The second kappa shape index (κ2) is 8.64. The average molecular weight is 398 g/mol. The van der Waals surface area contributed by atoms with Crippen LogP contribution in [0.5, 0.6) is 5.75 Å². The number of rotatable bonds is 7. The fourth-order valence-corrected chi connectivity index (χ4v) is 3.68. The number of thiophene rings is 1. The van der Waals surface area contributed by atoms with Gasteiger partial charge in [-0.05, 0) is 29.3 Å². The van der Waals surface area contributed by atoms with Crippen LogP contribution in [-0.2, 0) is 0 Å². The second-order valence-corrected chi connectivity index (χ2v) is 7.00. The maximum Gasteiger partial charge on any atom is 0.269 e. The van der Waals surface area contributed by atoms with Crippen molar-refractivity contribution in [3.8, 4) is 16.2 Å². The number of hydrogen-bond acceptors (Lipinski definition) is 6. The zero-order valence-electron chi connectivity index (χ0n) is 15.0. The first kappa shape index (κ1) is 19.5. The highest BCUT2D eigenvalue weighted by atomic mass is 32.1. The molecule has 3 aromatic rings. The zero-order valence-corrected chi connectivity index (χ0v) is 15.8. The summed E-state index contributed by atoms with van der Waals surface area (Å²) in [6.07, 6.45) is -0.982. The van der Waals surface area contributed by atoms with Crippen molar-refractivity contribution in [2.45, 2.75) is 6.10 Å². The molecule has 1 atom stereocenters. The molecule has 0 aliphatic carbocycles. The molecule has 0 fully saturated rings. The summed E-state index contributed by atoms with van der Waals surface area (Å²) in [4.78, 5) is 24.1. The number of non-ortho nitro benzene ring substituents is 1. The molecule has 7 nitrogen and oxygen atoms in total. The van der Waals surface area contributed by atoms with Gasteiger partial charge in [0.2, 0.25) is 0 Å². The first-order valence-electron chi connectivity index (χ1n) is 8.43. The number of amides is 1. The third-order valence-corrected chi connectivity index (χ3v) is 5.29. The fourth-order valence-electron chi connectivity index (χ4n) is 2.63. The molecule has 2 aromatic carbocycles. The van der Waals surface area contributed by atoms with E-state index in [1.165, 1.54) is 42.7 Å². The average Bonchev–Trinajstić information content (AvgIpc) is 3.17. The topological polar surface area (TPSA) is 102 Å². The largest absolute Gasteiger partial charge is 0.495 e. The van der Waals surface area contributed by atoms with Crippen LogP contribution in [0.25, 0.3) is 10.4 Å². The summed E-state index contributed by atoms with van der Waals surface area (Å²) in [6, 6.07) is 17.0. The highest BCUT2D eigenvalue weighted by Crippen LogP contribution is 2.36. The highest BCUT2D eigenvalue weighted by molar-refractivity contribution is 7.17. The molecule has 1 heterocycles. The lowest BCUT2D eigenvalue weighted by Gasteiger charge is -2.12. The van der Waals surface area contributed by atoms with Gasteiger partial charge in [0.15, 0.2) is 0 Å². The molecule has 0 spiro atoms. The maximum absolute atomic E-state index is 12.6. The van der Waals surface area contributed by atoms with Crippen molar-refractivity contribution in [2.24, 2.45) is 0 Å². The van der Waals surface area contributed by atoms with Gasteiger partial charge in [-0.2, -0.15) is 0 Å². The number of nitrogens with zero attached hydrogens (tertiary/aromatic N) is 1. The molecular formula is C20H18N2O5S. The van der Waals surface area contributed by atoms with Crippen LogP contribution in [-0.4, -0.2) is 29.6 Å². The number of benzene rings is 2. The molecule has 28 heavy (non-hydrogen) atoms. The quantitative estimate of drug-likeness (QED) is 0.466. The Morgan fingerprint density at radius 3 is 2.50 bits per heavy atom. The zero-order chi connectivity index (χ0) is 20.1. The summed E-state index contributed by atoms with van der Waals surface area (Å²) >= 11 is 1.30. The van der Waals surface area contributed by atoms with E-state index in [0.29, 0.717) is 16.2 Å². The number of hydrogen-bond donors (Lipinski definition) is 2. The van der Waals surface area contributed by atoms with Gasteiger partial charge in [0.1, 0.15) is 10.6 Å². The molecular weight excluding hydrogens is 380 g/mol. The van der Waals surface area contributed by atoms with Crippen molar-refractivity contribution in [1.29, 1.82) is 0 Å². The van der Waals surface area contributed by atoms with Gasteiger partial charge in [-0.3, -0.25) is 14.9 Å². The standard InChI is InChI=1S/C20H18N2O5S/c1-27-17-11-18(14-5-3-2-4-6-14)28-19(17)20(24)21-12-16(23)13-7-9-15(10-8-13)22(25)26/h2-11,16,23H,12H2,1H3,(H,21,24). The molecule has 1 amide bonds. The van der Waals surface area contributed by atoms with Crippen molar-refractivity contribution in [3.63, 3.8) is 0 Å². The molecule has 1 unspecified atom stereocenters. The highest BCUT2D eigenvalue weighted by Gasteiger charge is 2.19. The van der Waals surface area contributed by atoms with Crippen molar-refractivity contribution in [2.75, 3.05) is 13.7 Å². The Bertz CT molecular complexity index is 970. The Kier molecular flexibility index (Phi) is 6.03. The third kappa shape index (κ3) is 4.36. The van der Waals surface area contributed by atoms with Crippen LogP contribution in [0.3, 0.4) is 0 Å². The molecule has 0 radical (unpaired) electrons. The maximum atomic E-state index is 12.6. The van der Waals surface area contributed by atoms with Gasteiger partial charge in [0.05, 0.1) is 18.1 Å². The van der Waals surface area contributed by atoms with Gasteiger partial charge >= 0.3 is 0 Å². The predicted octanol–water partition coefficient (Wildman–Crippen LogP) is 3.80. The van der Waals surface area contributed by atoms with Crippen LogP contribution < -0.4 is 10.1 Å². The van der Waals surface area contributed by atoms with Crippen LogP contribution >= 0.6 is 11.3 Å². The minimum atomic E-state index is -0.982. The van der Waals surface area contributed by atoms with E-state index in [2.05, 4.69) is 5.32 Å². The third-order valence-electron chi connectivity index (χ3n) is 4.13. The van der Waals surface area contributed by atoms with E-state index in [-0.39, 0.29) is 18.1 Å². The van der Waals surface area contributed by atoms with Gasteiger partial charge < -0.3 is 15.2 Å². The molecule has 0 saturated carbocycles.